The lowest BCUT2D eigenvalue weighted by atomic mass is 9.75. The van der Waals surface area contributed by atoms with Crippen molar-refractivity contribution in [2.75, 3.05) is 16.0 Å². The van der Waals surface area contributed by atoms with Crippen molar-refractivity contribution in [3.63, 3.8) is 0 Å². The molecule has 1 amide bonds. The molecule has 0 bridgehead atoms. The number of thioether (sulfide) groups is 1. The molecule has 3 N–H and O–H groups in total. The van der Waals surface area contributed by atoms with Gasteiger partial charge in [0.15, 0.2) is 10.1 Å². The molecule has 3 aromatic rings. The molecular weight excluding hydrogens is 523 g/mol. The van der Waals surface area contributed by atoms with E-state index >= 15 is 0 Å². The van der Waals surface area contributed by atoms with Crippen LogP contribution in [0.2, 0.25) is 0 Å². The van der Waals surface area contributed by atoms with Crippen molar-refractivity contribution in [3.05, 3.63) is 88.1 Å². The topological polar surface area (TPSA) is 125 Å². The van der Waals surface area contributed by atoms with Gasteiger partial charge in [0.25, 0.3) is 0 Å². The van der Waals surface area contributed by atoms with E-state index in [4.69, 9.17) is 5.73 Å². The highest BCUT2D eigenvalue weighted by molar-refractivity contribution is 8.01. The first-order chi connectivity index (χ1) is 18.4. The lowest BCUT2D eigenvalue weighted by Gasteiger charge is -2.38. The number of nitrogens with zero attached hydrogens (tertiary/aromatic N) is 4. The number of aromatic nitrogens is 2. The SMILES string of the molecule is Cc1cccc(C2C(C#N)=C(N)N(c3nnc(SCC(=O)Nc4ccccc4F)s3)C3=C2C(=O)CCC3)c1. The maximum Gasteiger partial charge on any atom is 0.234 e. The molecule has 0 fully saturated rings. The van der Waals surface area contributed by atoms with Gasteiger partial charge in [-0.1, -0.05) is 65.1 Å². The summed E-state index contributed by atoms with van der Waals surface area (Å²) >= 11 is 2.36. The number of nitrogens with two attached hydrogens (primary N) is 1. The van der Waals surface area contributed by atoms with Crippen molar-refractivity contribution in [3.8, 4) is 6.07 Å². The molecule has 192 valence electrons. The first kappa shape index (κ1) is 25.6. The van der Waals surface area contributed by atoms with Gasteiger partial charge >= 0.3 is 0 Å². The Bertz CT molecular complexity index is 1540. The number of amides is 1. The number of hydrogen-bond acceptors (Lipinski definition) is 9. The highest BCUT2D eigenvalue weighted by Gasteiger charge is 2.41. The Morgan fingerprint density at radius 1 is 1.26 bits per heavy atom. The summed E-state index contributed by atoms with van der Waals surface area (Å²) in [4.78, 5) is 27.2. The van der Waals surface area contributed by atoms with Gasteiger partial charge in [-0.2, -0.15) is 5.26 Å². The Kier molecular flexibility index (Phi) is 7.26. The lowest BCUT2D eigenvalue weighted by molar-refractivity contribution is -0.116. The molecule has 1 aliphatic carbocycles. The van der Waals surface area contributed by atoms with E-state index in [-0.39, 0.29) is 29.0 Å². The first-order valence-electron chi connectivity index (χ1n) is 11.9. The van der Waals surface area contributed by atoms with E-state index in [1.165, 1.54) is 23.5 Å². The fourth-order valence-corrected chi connectivity index (χ4v) is 6.40. The summed E-state index contributed by atoms with van der Waals surface area (Å²) < 4.78 is 14.3. The zero-order valence-corrected chi connectivity index (χ0v) is 22.0. The molecule has 0 radical (unpaired) electrons. The maximum absolute atomic E-state index is 13.8. The summed E-state index contributed by atoms with van der Waals surface area (Å²) in [6.45, 7) is 1.97. The summed E-state index contributed by atoms with van der Waals surface area (Å²) in [5, 5.41) is 21.6. The molecule has 38 heavy (non-hydrogen) atoms. The average molecular weight is 547 g/mol. The predicted octanol–water partition coefficient (Wildman–Crippen LogP) is 5.02. The number of anilines is 2. The van der Waals surface area contributed by atoms with E-state index in [1.807, 2.05) is 31.2 Å². The number of benzene rings is 2. The molecule has 1 aromatic heterocycles. The third kappa shape index (κ3) is 4.92. The lowest BCUT2D eigenvalue weighted by Crippen LogP contribution is -2.38. The number of allylic oxidation sites excluding steroid dienone is 3. The highest BCUT2D eigenvalue weighted by Crippen LogP contribution is 2.47. The maximum atomic E-state index is 13.8. The number of aryl methyl sites for hydroxylation is 1. The summed E-state index contributed by atoms with van der Waals surface area (Å²) in [5.74, 6) is -1.23. The van der Waals surface area contributed by atoms with Crippen LogP contribution < -0.4 is 16.0 Å². The quantitative estimate of drug-likeness (QED) is 0.413. The van der Waals surface area contributed by atoms with E-state index < -0.39 is 11.7 Å². The van der Waals surface area contributed by atoms with Gasteiger partial charge < -0.3 is 11.1 Å². The molecule has 0 saturated heterocycles. The van der Waals surface area contributed by atoms with Crippen LogP contribution in [0.5, 0.6) is 0 Å². The number of rotatable bonds is 6. The Balaban J connectivity index is 1.43. The average Bonchev–Trinajstić information content (AvgIpc) is 3.37. The molecule has 5 rings (SSSR count). The Morgan fingerprint density at radius 3 is 2.84 bits per heavy atom. The Hall–Kier alpha value is -4.01. The second kappa shape index (κ2) is 10.8. The minimum Gasteiger partial charge on any atom is -0.384 e. The van der Waals surface area contributed by atoms with E-state index in [9.17, 15) is 19.2 Å². The summed E-state index contributed by atoms with van der Waals surface area (Å²) in [7, 11) is 0. The molecule has 1 atom stereocenters. The summed E-state index contributed by atoms with van der Waals surface area (Å²) in [6, 6.07) is 15.9. The second-order valence-electron chi connectivity index (χ2n) is 8.90. The fourth-order valence-electron chi connectivity index (χ4n) is 4.72. The zero-order valence-electron chi connectivity index (χ0n) is 20.4. The van der Waals surface area contributed by atoms with Crippen LogP contribution in [0.1, 0.15) is 36.3 Å². The molecule has 0 spiro atoms. The Labute approximate surface area is 227 Å². The van der Waals surface area contributed by atoms with Crippen LogP contribution in [0.25, 0.3) is 0 Å². The van der Waals surface area contributed by atoms with Crippen molar-refractivity contribution in [2.45, 2.75) is 36.4 Å². The van der Waals surface area contributed by atoms with E-state index in [0.29, 0.717) is 39.9 Å². The fraction of sp³-hybridized carbons (Fsp3) is 0.222. The molecule has 1 aliphatic heterocycles. The van der Waals surface area contributed by atoms with Crippen LogP contribution in [0.4, 0.5) is 15.2 Å². The summed E-state index contributed by atoms with van der Waals surface area (Å²) in [6.07, 6.45) is 1.68. The van der Waals surface area contributed by atoms with Gasteiger partial charge in [-0.25, -0.2) is 4.39 Å². The monoisotopic (exact) mass is 546 g/mol. The molecule has 1 unspecified atom stereocenters. The van der Waals surface area contributed by atoms with Crippen LogP contribution in [0, 0.1) is 24.1 Å². The smallest absolute Gasteiger partial charge is 0.234 e. The van der Waals surface area contributed by atoms with E-state index in [2.05, 4.69) is 21.6 Å². The minimum atomic E-state index is -0.539. The van der Waals surface area contributed by atoms with Gasteiger partial charge in [0.1, 0.15) is 11.6 Å². The van der Waals surface area contributed by atoms with Crippen LogP contribution in [-0.2, 0) is 9.59 Å². The number of carbonyl (C=O) groups is 2. The zero-order chi connectivity index (χ0) is 26.8. The van der Waals surface area contributed by atoms with Crippen molar-refractivity contribution in [1.29, 1.82) is 5.26 Å². The van der Waals surface area contributed by atoms with E-state index in [1.54, 1.807) is 17.0 Å². The minimum absolute atomic E-state index is 0.000398. The molecule has 8 nitrogen and oxygen atoms in total. The highest BCUT2D eigenvalue weighted by atomic mass is 32.2. The third-order valence-corrected chi connectivity index (χ3v) is 8.39. The summed E-state index contributed by atoms with van der Waals surface area (Å²) in [5.41, 5.74) is 10.2. The molecular formula is C27H23FN6O2S2. The Morgan fingerprint density at radius 2 is 2.08 bits per heavy atom. The number of carbonyl (C=O) groups excluding carboxylic acids is 2. The van der Waals surface area contributed by atoms with Gasteiger partial charge in [-0.15, -0.1) is 10.2 Å². The number of ketones is 1. The van der Waals surface area contributed by atoms with Gasteiger partial charge in [0.2, 0.25) is 11.0 Å². The number of para-hydroxylation sites is 1. The van der Waals surface area contributed by atoms with Crippen LogP contribution in [-0.4, -0.2) is 27.6 Å². The normalized spacial score (nSPS) is 17.3. The van der Waals surface area contributed by atoms with Crippen LogP contribution in [0.3, 0.4) is 0 Å². The number of hydrogen-bond donors (Lipinski definition) is 2. The molecule has 0 saturated carbocycles. The van der Waals surface area contributed by atoms with Crippen LogP contribution >= 0.6 is 23.1 Å². The van der Waals surface area contributed by atoms with Crippen LogP contribution in [0.15, 0.2) is 75.5 Å². The van der Waals surface area contributed by atoms with Crippen molar-refractivity contribution in [1.82, 2.24) is 10.2 Å². The molecule has 11 heteroatoms. The van der Waals surface area contributed by atoms with Gasteiger partial charge in [-0.05, 0) is 37.5 Å². The van der Waals surface area contributed by atoms with Crippen molar-refractivity contribution >= 4 is 45.6 Å². The molecule has 2 aliphatic rings. The van der Waals surface area contributed by atoms with Gasteiger partial charge in [0.05, 0.1) is 29.0 Å². The number of halogens is 1. The molecule has 2 heterocycles. The van der Waals surface area contributed by atoms with E-state index in [0.717, 1.165) is 28.6 Å². The van der Waals surface area contributed by atoms with Crippen molar-refractivity contribution < 1.29 is 14.0 Å². The molecule has 2 aromatic carbocycles. The van der Waals surface area contributed by atoms with Gasteiger partial charge in [-0.3, -0.25) is 14.5 Å². The first-order valence-corrected chi connectivity index (χ1v) is 13.7. The number of nitrogens with one attached hydrogen (secondary N) is 1. The van der Waals surface area contributed by atoms with Crippen molar-refractivity contribution in [2.24, 2.45) is 5.73 Å². The predicted molar refractivity (Wildman–Crippen MR) is 145 cm³/mol. The largest absolute Gasteiger partial charge is 0.384 e. The number of nitriles is 1. The number of Topliss-reactive ketones (excluding diaryl/α,β-unsaturated/α-hetero) is 1. The third-order valence-electron chi connectivity index (χ3n) is 6.35. The second-order valence-corrected chi connectivity index (χ2v) is 11.1. The van der Waals surface area contributed by atoms with Gasteiger partial charge in [0, 0.05) is 17.7 Å². The standard InChI is InChI=1S/C27H23FN6O2S2/c1-15-6-4-7-16(12-15)23-17(13-29)25(30)34(20-10-5-11-21(35)24(20)23)26-32-33-27(38-26)37-14-22(36)31-19-9-3-2-8-18(19)28/h2-4,6-9,12,23H,5,10-11,14,30H2,1H3,(H,31,36).